The van der Waals surface area contributed by atoms with E-state index in [1.807, 2.05) is 48.5 Å². The average molecular weight is 384 g/mol. The summed E-state index contributed by atoms with van der Waals surface area (Å²) >= 11 is 9.85. The molecule has 0 bridgehead atoms. The molecule has 1 heterocycles. The number of halogens is 2. The fraction of sp³-hybridized carbons (Fsp3) is 0. The van der Waals surface area contributed by atoms with Crippen molar-refractivity contribution in [2.75, 3.05) is 0 Å². The fourth-order valence-corrected chi connectivity index (χ4v) is 3.61. The quantitative estimate of drug-likeness (QED) is 0.408. The van der Waals surface area contributed by atoms with Crippen molar-refractivity contribution in [1.82, 2.24) is 9.55 Å². The first-order valence-electron chi connectivity index (χ1n) is 7.22. The van der Waals surface area contributed by atoms with Crippen molar-refractivity contribution in [2.45, 2.75) is 0 Å². The lowest BCUT2D eigenvalue weighted by atomic mass is 10.2. The molecule has 0 aliphatic rings. The van der Waals surface area contributed by atoms with Crippen LogP contribution in [0.4, 0.5) is 0 Å². The van der Waals surface area contributed by atoms with Crippen LogP contribution in [-0.4, -0.2) is 9.55 Å². The number of para-hydroxylation sites is 1. The third-order valence-corrected chi connectivity index (χ3v) is 4.55. The van der Waals surface area contributed by atoms with E-state index in [0.717, 1.165) is 32.6 Å². The van der Waals surface area contributed by atoms with E-state index in [-0.39, 0.29) is 0 Å². The second kappa shape index (κ2) is 5.84. The zero-order valence-electron chi connectivity index (χ0n) is 12.1. The van der Waals surface area contributed by atoms with E-state index in [2.05, 4.69) is 44.8 Å². The molecule has 0 radical (unpaired) electrons. The first-order valence-corrected chi connectivity index (χ1v) is 8.39. The molecule has 4 aromatic rings. The Labute approximate surface area is 147 Å². The molecule has 1 aromatic heterocycles. The minimum Gasteiger partial charge on any atom is -0.292 e. The number of rotatable bonds is 2. The summed E-state index contributed by atoms with van der Waals surface area (Å²) in [5.41, 5.74) is 4.00. The Hall–Kier alpha value is -2.10. The van der Waals surface area contributed by atoms with Gasteiger partial charge in [0, 0.05) is 20.7 Å². The largest absolute Gasteiger partial charge is 0.292 e. The smallest absolute Gasteiger partial charge is 0.145 e. The van der Waals surface area contributed by atoms with Gasteiger partial charge in [0.1, 0.15) is 11.3 Å². The van der Waals surface area contributed by atoms with E-state index in [0.29, 0.717) is 5.02 Å². The maximum absolute atomic E-state index is 6.27. The van der Waals surface area contributed by atoms with Gasteiger partial charge in [-0.2, -0.15) is 0 Å². The lowest BCUT2D eigenvalue weighted by Gasteiger charge is -2.09. The number of nitrogens with zero attached hydrogens (tertiary/aromatic N) is 2. The molecule has 0 spiro atoms. The number of fused-ring (bicyclic) bond motifs is 1. The van der Waals surface area contributed by atoms with Crippen molar-refractivity contribution in [3.8, 4) is 17.1 Å². The molecule has 0 saturated heterocycles. The summed E-state index contributed by atoms with van der Waals surface area (Å²) < 4.78 is 3.04. The van der Waals surface area contributed by atoms with Crippen molar-refractivity contribution in [2.24, 2.45) is 0 Å². The van der Waals surface area contributed by atoms with Gasteiger partial charge in [-0.25, -0.2) is 4.98 Å². The summed E-state index contributed by atoms with van der Waals surface area (Å²) in [4.78, 5) is 4.86. The molecule has 3 aromatic carbocycles. The number of hydrogen-bond acceptors (Lipinski definition) is 1. The SMILES string of the molecule is Clc1cc(Br)c2nc(-c3ccccc3)n(-c3ccccc3)c2c1. The summed E-state index contributed by atoms with van der Waals surface area (Å²) in [7, 11) is 0. The first kappa shape index (κ1) is 14.5. The minimum absolute atomic E-state index is 0.682. The molecule has 0 fully saturated rings. The Kier molecular flexibility index (Phi) is 3.68. The summed E-state index contributed by atoms with van der Waals surface area (Å²) in [6.07, 6.45) is 0. The summed E-state index contributed by atoms with van der Waals surface area (Å²) in [5, 5.41) is 0.682. The van der Waals surface area contributed by atoms with Gasteiger partial charge in [-0.3, -0.25) is 4.57 Å². The Morgan fingerprint density at radius 2 is 1.52 bits per heavy atom. The monoisotopic (exact) mass is 382 g/mol. The third kappa shape index (κ3) is 2.56. The number of benzene rings is 3. The maximum atomic E-state index is 6.27. The third-order valence-electron chi connectivity index (χ3n) is 3.72. The minimum atomic E-state index is 0.682. The predicted molar refractivity (Wildman–Crippen MR) is 99.2 cm³/mol. The highest BCUT2D eigenvalue weighted by atomic mass is 79.9. The molecule has 0 aliphatic carbocycles. The van der Waals surface area contributed by atoms with Crippen LogP contribution in [0.1, 0.15) is 0 Å². The van der Waals surface area contributed by atoms with E-state index in [1.165, 1.54) is 0 Å². The fourth-order valence-electron chi connectivity index (χ4n) is 2.72. The summed E-state index contributed by atoms with van der Waals surface area (Å²) in [5.74, 6) is 0.898. The van der Waals surface area contributed by atoms with Gasteiger partial charge in [0.05, 0.1) is 5.52 Å². The molecular weight excluding hydrogens is 372 g/mol. The normalized spacial score (nSPS) is 11.0. The summed E-state index contributed by atoms with van der Waals surface area (Å²) in [6.45, 7) is 0. The van der Waals surface area contributed by atoms with Crippen LogP contribution >= 0.6 is 27.5 Å². The van der Waals surface area contributed by atoms with Gasteiger partial charge < -0.3 is 0 Å². The van der Waals surface area contributed by atoms with Crippen LogP contribution in [0.25, 0.3) is 28.1 Å². The van der Waals surface area contributed by atoms with Gasteiger partial charge in [0.15, 0.2) is 0 Å². The Morgan fingerprint density at radius 1 is 0.870 bits per heavy atom. The predicted octanol–water partition coefficient (Wildman–Crippen LogP) is 6.11. The highest BCUT2D eigenvalue weighted by molar-refractivity contribution is 9.10. The van der Waals surface area contributed by atoms with Crippen molar-refractivity contribution >= 4 is 38.6 Å². The van der Waals surface area contributed by atoms with Gasteiger partial charge in [0.2, 0.25) is 0 Å². The Balaban J connectivity index is 2.12. The standard InChI is InChI=1S/C19H12BrClN2/c20-16-11-14(21)12-17-18(16)22-19(13-7-3-1-4-8-13)23(17)15-9-5-2-6-10-15/h1-12H. The van der Waals surface area contributed by atoms with E-state index >= 15 is 0 Å². The second-order valence-electron chi connectivity index (χ2n) is 5.23. The van der Waals surface area contributed by atoms with E-state index in [1.54, 1.807) is 0 Å². The molecule has 23 heavy (non-hydrogen) atoms. The molecule has 4 rings (SSSR count). The van der Waals surface area contributed by atoms with Crippen molar-refractivity contribution in [3.63, 3.8) is 0 Å². The van der Waals surface area contributed by atoms with E-state index in [9.17, 15) is 0 Å². The van der Waals surface area contributed by atoms with E-state index < -0.39 is 0 Å². The zero-order chi connectivity index (χ0) is 15.8. The van der Waals surface area contributed by atoms with Crippen LogP contribution in [0.5, 0.6) is 0 Å². The molecule has 112 valence electrons. The average Bonchev–Trinajstić information content (AvgIpc) is 2.96. The number of hydrogen-bond donors (Lipinski definition) is 0. The number of aromatic nitrogens is 2. The molecule has 0 N–H and O–H groups in total. The van der Waals surface area contributed by atoms with E-state index in [4.69, 9.17) is 16.6 Å². The molecule has 4 heteroatoms. The van der Waals surface area contributed by atoms with Gasteiger partial charge in [0.25, 0.3) is 0 Å². The Morgan fingerprint density at radius 3 is 2.22 bits per heavy atom. The topological polar surface area (TPSA) is 17.8 Å². The molecule has 0 aliphatic heterocycles. The van der Waals surface area contributed by atoms with Crippen molar-refractivity contribution in [1.29, 1.82) is 0 Å². The van der Waals surface area contributed by atoms with Gasteiger partial charge in [-0.15, -0.1) is 0 Å². The van der Waals surface area contributed by atoms with Crippen LogP contribution < -0.4 is 0 Å². The van der Waals surface area contributed by atoms with Crippen LogP contribution in [0.3, 0.4) is 0 Å². The summed E-state index contributed by atoms with van der Waals surface area (Å²) in [6, 6.07) is 24.2. The molecular formula is C19H12BrClN2. The number of imidazole rings is 1. The van der Waals surface area contributed by atoms with Crippen LogP contribution in [0.2, 0.25) is 5.02 Å². The van der Waals surface area contributed by atoms with Gasteiger partial charge in [-0.05, 0) is 40.2 Å². The van der Waals surface area contributed by atoms with Gasteiger partial charge in [-0.1, -0.05) is 60.1 Å². The van der Waals surface area contributed by atoms with Crippen molar-refractivity contribution < 1.29 is 0 Å². The molecule has 0 saturated carbocycles. The highest BCUT2D eigenvalue weighted by Crippen LogP contribution is 2.34. The second-order valence-corrected chi connectivity index (χ2v) is 6.52. The zero-order valence-corrected chi connectivity index (χ0v) is 14.4. The van der Waals surface area contributed by atoms with Crippen LogP contribution in [0, 0.1) is 0 Å². The van der Waals surface area contributed by atoms with Crippen molar-refractivity contribution in [3.05, 3.63) is 82.3 Å². The Bertz CT molecular complexity index is 979. The molecule has 2 nitrogen and oxygen atoms in total. The maximum Gasteiger partial charge on any atom is 0.145 e. The first-order chi connectivity index (χ1) is 11.2. The molecule has 0 unspecified atom stereocenters. The lowest BCUT2D eigenvalue weighted by molar-refractivity contribution is 1.10. The van der Waals surface area contributed by atoms with Crippen LogP contribution in [0.15, 0.2) is 77.3 Å². The highest BCUT2D eigenvalue weighted by Gasteiger charge is 2.16. The van der Waals surface area contributed by atoms with Gasteiger partial charge >= 0.3 is 0 Å². The lowest BCUT2D eigenvalue weighted by Crippen LogP contribution is -1.97. The molecule has 0 atom stereocenters. The van der Waals surface area contributed by atoms with Crippen LogP contribution in [-0.2, 0) is 0 Å². The molecule has 0 amide bonds.